The molecule has 0 heterocycles. The normalized spacial score (nSPS) is 10.0. The lowest BCUT2D eigenvalue weighted by atomic mass is 10.2. The van der Waals surface area contributed by atoms with E-state index in [1.807, 2.05) is 6.92 Å². The third kappa shape index (κ3) is 9.66. The van der Waals surface area contributed by atoms with Gasteiger partial charge in [0.1, 0.15) is 0 Å². The molecule has 0 aliphatic carbocycles. The van der Waals surface area contributed by atoms with Gasteiger partial charge < -0.3 is 25.4 Å². The van der Waals surface area contributed by atoms with Crippen molar-refractivity contribution in [3.05, 3.63) is 29.8 Å². The van der Waals surface area contributed by atoms with Crippen LogP contribution in [0.5, 0.6) is 0 Å². The number of methoxy groups -OCH3 is 1. The van der Waals surface area contributed by atoms with E-state index in [1.54, 1.807) is 31.4 Å². The highest BCUT2D eigenvalue weighted by molar-refractivity contribution is 7.80. The van der Waals surface area contributed by atoms with Crippen molar-refractivity contribution >= 4 is 40.8 Å². The minimum absolute atomic E-state index is 0.00836. The molecule has 0 saturated heterocycles. The Morgan fingerprint density at radius 1 is 1.15 bits per heavy atom. The zero-order chi connectivity index (χ0) is 20.1. The Hall–Kier alpha value is -2.52. The molecule has 0 saturated carbocycles. The van der Waals surface area contributed by atoms with E-state index in [-0.39, 0.29) is 23.9 Å². The zero-order valence-electron chi connectivity index (χ0n) is 15.5. The summed E-state index contributed by atoms with van der Waals surface area (Å²) in [5, 5.41) is 8.12. The molecule has 1 aromatic carbocycles. The van der Waals surface area contributed by atoms with Crippen LogP contribution in [0.2, 0.25) is 0 Å². The van der Waals surface area contributed by atoms with Gasteiger partial charge in [0.2, 0.25) is 5.91 Å². The van der Waals surface area contributed by atoms with Gasteiger partial charge in [-0.05, 0) is 36.8 Å². The topological polar surface area (TPSA) is 106 Å². The van der Waals surface area contributed by atoms with Crippen LogP contribution in [0.1, 0.15) is 36.5 Å². The number of anilines is 1. The summed E-state index contributed by atoms with van der Waals surface area (Å²) in [5.74, 6) is -1.05. The lowest BCUT2D eigenvalue weighted by Gasteiger charge is -2.11. The minimum Gasteiger partial charge on any atom is -0.466 e. The molecule has 0 spiro atoms. The average molecular weight is 395 g/mol. The van der Waals surface area contributed by atoms with Crippen LogP contribution in [0.15, 0.2) is 24.3 Å². The molecule has 0 unspecified atom stereocenters. The van der Waals surface area contributed by atoms with E-state index in [9.17, 15) is 14.4 Å². The van der Waals surface area contributed by atoms with Crippen molar-refractivity contribution in [2.75, 3.05) is 32.2 Å². The highest BCUT2D eigenvalue weighted by Gasteiger charge is 2.10. The highest BCUT2D eigenvalue weighted by Crippen LogP contribution is 2.10. The maximum atomic E-state index is 12.0. The molecule has 148 valence electrons. The van der Waals surface area contributed by atoms with Gasteiger partial charge in [0.25, 0.3) is 5.91 Å². The molecule has 8 nitrogen and oxygen atoms in total. The van der Waals surface area contributed by atoms with Gasteiger partial charge in [-0.1, -0.05) is 13.0 Å². The van der Waals surface area contributed by atoms with Gasteiger partial charge in [0, 0.05) is 31.3 Å². The molecule has 1 rings (SSSR count). The lowest BCUT2D eigenvalue weighted by molar-refractivity contribution is -0.144. The molecular weight excluding hydrogens is 370 g/mol. The molecule has 0 radical (unpaired) electrons. The van der Waals surface area contributed by atoms with Crippen molar-refractivity contribution in [3.63, 3.8) is 0 Å². The summed E-state index contributed by atoms with van der Waals surface area (Å²) in [6, 6.07) is 6.69. The van der Waals surface area contributed by atoms with Gasteiger partial charge >= 0.3 is 5.97 Å². The van der Waals surface area contributed by atoms with Crippen LogP contribution in [0, 0.1) is 0 Å². The number of hydrogen-bond donors (Lipinski definition) is 3. The monoisotopic (exact) mass is 395 g/mol. The summed E-state index contributed by atoms with van der Waals surface area (Å²) in [4.78, 5) is 35.2. The van der Waals surface area contributed by atoms with E-state index in [0.717, 1.165) is 6.42 Å². The van der Waals surface area contributed by atoms with Crippen molar-refractivity contribution < 1.29 is 23.9 Å². The van der Waals surface area contributed by atoms with Crippen LogP contribution < -0.4 is 16.0 Å². The summed E-state index contributed by atoms with van der Waals surface area (Å²) < 4.78 is 9.78. The van der Waals surface area contributed by atoms with Crippen LogP contribution >= 0.6 is 12.2 Å². The van der Waals surface area contributed by atoms with E-state index in [2.05, 4.69) is 16.0 Å². The third-order valence-corrected chi connectivity index (χ3v) is 3.45. The molecule has 2 amide bonds. The Morgan fingerprint density at radius 3 is 2.63 bits per heavy atom. The van der Waals surface area contributed by atoms with E-state index >= 15 is 0 Å². The van der Waals surface area contributed by atoms with Gasteiger partial charge in [-0.2, -0.15) is 0 Å². The van der Waals surface area contributed by atoms with Gasteiger partial charge in [-0.3, -0.25) is 14.4 Å². The standard InChI is InChI=1S/C18H25N3O5S/c1-3-10-26-16(23)8-7-15(22)21-18(27)20-14-6-4-5-13(12-14)17(24)19-9-11-25-2/h4-6,12H,3,7-11H2,1-2H3,(H,19,24)(H2,20,21,22,27). The molecule has 0 aliphatic rings. The molecule has 9 heteroatoms. The largest absolute Gasteiger partial charge is 0.466 e. The maximum Gasteiger partial charge on any atom is 0.306 e. The Bertz CT molecular complexity index is 666. The van der Waals surface area contributed by atoms with E-state index < -0.39 is 11.9 Å². The molecule has 3 N–H and O–H groups in total. The first-order chi connectivity index (χ1) is 13.0. The fraction of sp³-hybridized carbons (Fsp3) is 0.444. The minimum atomic E-state index is -0.418. The molecule has 0 atom stereocenters. The van der Waals surface area contributed by atoms with E-state index in [4.69, 9.17) is 21.7 Å². The van der Waals surface area contributed by atoms with Crippen molar-refractivity contribution in [1.29, 1.82) is 0 Å². The molecule has 0 fully saturated rings. The predicted molar refractivity (Wildman–Crippen MR) is 105 cm³/mol. The van der Waals surface area contributed by atoms with Crippen molar-refractivity contribution in [1.82, 2.24) is 10.6 Å². The maximum absolute atomic E-state index is 12.0. The first kappa shape index (κ1) is 22.5. The van der Waals surface area contributed by atoms with Crippen LogP contribution in [0.25, 0.3) is 0 Å². The molecule has 0 bridgehead atoms. The number of carbonyl (C=O) groups excluding carboxylic acids is 3. The van der Waals surface area contributed by atoms with Gasteiger partial charge in [-0.15, -0.1) is 0 Å². The van der Waals surface area contributed by atoms with Crippen LogP contribution in [-0.4, -0.2) is 49.8 Å². The number of nitrogens with one attached hydrogen (secondary N) is 3. The second kappa shape index (κ2) is 12.8. The number of rotatable bonds is 10. The lowest BCUT2D eigenvalue weighted by Crippen LogP contribution is -2.34. The first-order valence-corrected chi connectivity index (χ1v) is 9.00. The number of benzene rings is 1. The summed E-state index contributed by atoms with van der Waals surface area (Å²) in [6.07, 6.45) is 0.702. The van der Waals surface area contributed by atoms with Crippen LogP contribution in [0.4, 0.5) is 5.69 Å². The van der Waals surface area contributed by atoms with Crippen molar-refractivity contribution in [3.8, 4) is 0 Å². The van der Waals surface area contributed by atoms with Crippen LogP contribution in [0.3, 0.4) is 0 Å². The highest BCUT2D eigenvalue weighted by atomic mass is 32.1. The fourth-order valence-corrected chi connectivity index (χ4v) is 2.19. The summed E-state index contributed by atoms with van der Waals surface area (Å²) in [5.41, 5.74) is 1.01. The van der Waals surface area contributed by atoms with Crippen LogP contribution in [-0.2, 0) is 19.1 Å². The Kier molecular flexibility index (Phi) is 10.7. The summed E-state index contributed by atoms with van der Waals surface area (Å²) in [6.45, 7) is 3.06. The molecule has 0 aliphatic heterocycles. The van der Waals surface area contributed by atoms with Crippen molar-refractivity contribution in [2.24, 2.45) is 0 Å². The second-order valence-electron chi connectivity index (χ2n) is 5.55. The summed E-state index contributed by atoms with van der Waals surface area (Å²) in [7, 11) is 1.56. The first-order valence-electron chi connectivity index (χ1n) is 8.60. The number of hydrogen-bond acceptors (Lipinski definition) is 6. The number of carbonyl (C=O) groups is 3. The Morgan fingerprint density at radius 2 is 1.93 bits per heavy atom. The van der Waals surface area contributed by atoms with Gasteiger partial charge in [-0.25, -0.2) is 0 Å². The van der Waals surface area contributed by atoms with E-state index in [1.165, 1.54) is 0 Å². The quantitative estimate of drug-likeness (QED) is 0.314. The Balaban J connectivity index is 2.45. The molecular formula is C18H25N3O5S. The molecule has 1 aromatic rings. The number of thiocarbonyl (C=S) groups is 1. The number of ether oxygens (including phenoxy) is 2. The fourth-order valence-electron chi connectivity index (χ4n) is 1.96. The predicted octanol–water partition coefficient (Wildman–Crippen LogP) is 1.61. The number of amides is 2. The average Bonchev–Trinajstić information content (AvgIpc) is 2.64. The second-order valence-corrected chi connectivity index (χ2v) is 5.96. The Labute approximate surface area is 164 Å². The zero-order valence-corrected chi connectivity index (χ0v) is 16.3. The third-order valence-electron chi connectivity index (χ3n) is 3.25. The summed E-state index contributed by atoms with van der Waals surface area (Å²) >= 11 is 5.08. The van der Waals surface area contributed by atoms with Gasteiger partial charge in [0.05, 0.1) is 19.6 Å². The smallest absolute Gasteiger partial charge is 0.306 e. The molecule has 27 heavy (non-hydrogen) atoms. The van der Waals surface area contributed by atoms with Crippen molar-refractivity contribution in [2.45, 2.75) is 26.2 Å². The SMILES string of the molecule is CCCOC(=O)CCC(=O)NC(=S)Nc1cccc(C(=O)NCCOC)c1. The van der Waals surface area contributed by atoms with E-state index in [0.29, 0.717) is 31.0 Å². The number of esters is 1. The van der Waals surface area contributed by atoms with Gasteiger partial charge in [0.15, 0.2) is 5.11 Å². The molecule has 0 aromatic heterocycles.